The molecule has 0 amide bonds. The van der Waals surface area contributed by atoms with Gasteiger partial charge in [-0.05, 0) is 11.1 Å². The molecule has 1 aromatic heterocycles. The molecule has 3 rings (SSSR count). The van der Waals surface area contributed by atoms with Gasteiger partial charge in [-0.3, -0.25) is 4.98 Å². The Balaban J connectivity index is 0.000000230. The minimum absolute atomic E-state index is 0. The van der Waals surface area contributed by atoms with Gasteiger partial charge in [-0.2, -0.15) is 0 Å². The molecular formula is C15H14BrNS. The summed E-state index contributed by atoms with van der Waals surface area (Å²) in [7, 11) is 0. The zero-order chi connectivity index (χ0) is 11.8. The number of thiazole rings is 1. The molecule has 0 saturated carbocycles. The molecule has 0 saturated heterocycles. The average molecular weight is 320 g/mol. The van der Waals surface area contributed by atoms with Crippen molar-refractivity contribution in [3.8, 4) is 11.1 Å². The van der Waals surface area contributed by atoms with Crippen molar-refractivity contribution >= 4 is 28.3 Å². The van der Waals surface area contributed by atoms with Crippen molar-refractivity contribution in [1.82, 2.24) is 4.98 Å². The highest BCUT2D eigenvalue weighted by molar-refractivity contribution is 8.93. The molecule has 18 heavy (non-hydrogen) atoms. The van der Waals surface area contributed by atoms with Gasteiger partial charge in [0.05, 0.1) is 5.51 Å². The summed E-state index contributed by atoms with van der Waals surface area (Å²) >= 11 is 1.60. The summed E-state index contributed by atoms with van der Waals surface area (Å²) in [5, 5.41) is 1.93. The number of hydrogen-bond acceptors (Lipinski definition) is 2. The summed E-state index contributed by atoms with van der Waals surface area (Å²) < 4.78 is 0. The van der Waals surface area contributed by atoms with Crippen LogP contribution in [-0.4, -0.2) is 4.98 Å². The van der Waals surface area contributed by atoms with Gasteiger partial charge in [0.2, 0.25) is 0 Å². The number of nitrogens with zero attached hydrogens (tertiary/aromatic N) is 1. The Bertz CT molecular complexity index is 454. The van der Waals surface area contributed by atoms with E-state index in [1.54, 1.807) is 23.0 Å². The molecule has 3 aromatic rings. The van der Waals surface area contributed by atoms with Crippen LogP contribution in [0.1, 0.15) is 0 Å². The Hall–Kier alpha value is -1.45. The molecule has 0 atom stereocenters. The van der Waals surface area contributed by atoms with Crippen LogP contribution in [0.5, 0.6) is 0 Å². The summed E-state index contributed by atoms with van der Waals surface area (Å²) in [6.07, 6.45) is 1.77. The summed E-state index contributed by atoms with van der Waals surface area (Å²) in [5.74, 6) is 0. The quantitative estimate of drug-likeness (QED) is 0.610. The lowest BCUT2D eigenvalue weighted by atomic mass is 10.1. The maximum absolute atomic E-state index is 3.74. The van der Waals surface area contributed by atoms with E-state index >= 15 is 0 Å². The van der Waals surface area contributed by atoms with E-state index < -0.39 is 0 Å². The minimum atomic E-state index is 0. The summed E-state index contributed by atoms with van der Waals surface area (Å²) in [5.41, 5.74) is 4.34. The first-order valence-electron chi connectivity index (χ1n) is 5.39. The van der Waals surface area contributed by atoms with Crippen LogP contribution in [0.15, 0.2) is 77.8 Å². The van der Waals surface area contributed by atoms with E-state index in [9.17, 15) is 0 Å². The molecule has 3 heteroatoms. The van der Waals surface area contributed by atoms with Gasteiger partial charge in [0, 0.05) is 11.6 Å². The fourth-order valence-corrected chi connectivity index (χ4v) is 1.79. The third-order valence-electron chi connectivity index (χ3n) is 2.23. The van der Waals surface area contributed by atoms with Crippen LogP contribution < -0.4 is 0 Å². The van der Waals surface area contributed by atoms with Crippen LogP contribution >= 0.6 is 28.3 Å². The van der Waals surface area contributed by atoms with Gasteiger partial charge in [-0.15, -0.1) is 28.3 Å². The van der Waals surface area contributed by atoms with Crippen molar-refractivity contribution in [3.63, 3.8) is 0 Å². The Kier molecular flexibility index (Phi) is 6.99. The van der Waals surface area contributed by atoms with Crippen molar-refractivity contribution in [2.45, 2.75) is 0 Å². The predicted molar refractivity (Wildman–Crippen MR) is 84.3 cm³/mol. The van der Waals surface area contributed by atoms with E-state index in [1.807, 2.05) is 17.5 Å². The molecule has 2 aromatic carbocycles. The SMILES string of the molecule is Br.c1ccc(-c2ccccc2)cc1.c1cscn1. The Labute approximate surface area is 122 Å². The fourth-order valence-electron chi connectivity index (χ4n) is 1.44. The van der Waals surface area contributed by atoms with Crippen LogP contribution in [0.25, 0.3) is 11.1 Å². The Morgan fingerprint density at radius 3 is 1.50 bits per heavy atom. The molecular weight excluding hydrogens is 306 g/mol. The first kappa shape index (κ1) is 14.6. The predicted octanol–water partition coefficient (Wildman–Crippen LogP) is 5.07. The van der Waals surface area contributed by atoms with Crippen molar-refractivity contribution in [2.24, 2.45) is 0 Å². The van der Waals surface area contributed by atoms with Gasteiger partial charge in [0.15, 0.2) is 0 Å². The highest BCUT2D eigenvalue weighted by Crippen LogP contribution is 2.17. The number of rotatable bonds is 1. The van der Waals surface area contributed by atoms with Gasteiger partial charge in [0.1, 0.15) is 0 Å². The summed E-state index contributed by atoms with van der Waals surface area (Å²) in [6.45, 7) is 0. The van der Waals surface area contributed by atoms with E-state index in [0.29, 0.717) is 0 Å². The minimum Gasteiger partial charge on any atom is -0.253 e. The molecule has 1 nitrogen and oxygen atoms in total. The first-order valence-corrected chi connectivity index (χ1v) is 6.34. The second-order valence-corrected chi connectivity index (χ2v) is 4.16. The van der Waals surface area contributed by atoms with E-state index in [2.05, 4.69) is 53.5 Å². The highest BCUT2D eigenvalue weighted by Gasteiger charge is 1.91. The van der Waals surface area contributed by atoms with Crippen LogP contribution in [0, 0.1) is 0 Å². The van der Waals surface area contributed by atoms with E-state index in [0.717, 1.165) is 0 Å². The summed E-state index contributed by atoms with van der Waals surface area (Å²) in [4.78, 5) is 3.74. The summed E-state index contributed by atoms with van der Waals surface area (Å²) in [6, 6.07) is 20.8. The third-order valence-corrected chi connectivity index (χ3v) is 2.75. The Morgan fingerprint density at radius 2 is 1.22 bits per heavy atom. The van der Waals surface area contributed by atoms with Gasteiger partial charge in [-0.25, -0.2) is 0 Å². The second kappa shape index (κ2) is 8.61. The molecule has 0 aliphatic heterocycles. The fraction of sp³-hybridized carbons (Fsp3) is 0. The molecule has 0 bridgehead atoms. The van der Waals surface area contributed by atoms with Crippen molar-refractivity contribution < 1.29 is 0 Å². The molecule has 92 valence electrons. The number of halogens is 1. The topological polar surface area (TPSA) is 12.9 Å². The maximum Gasteiger partial charge on any atom is 0.0791 e. The molecule has 0 fully saturated rings. The van der Waals surface area contributed by atoms with Crippen LogP contribution in [0.2, 0.25) is 0 Å². The Morgan fingerprint density at radius 1 is 0.722 bits per heavy atom. The van der Waals surface area contributed by atoms with Crippen molar-refractivity contribution in [1.29, 1.82) is 0 Å². The van der Waals surface area contributed by atoms with Gasteiger partial charge in [-0.1, -0.05) is 60.7 Å². The van der Waals surface area contributed by atoms with Gasteiger partial charge >= 0.3 is 0 Å². The normalized spacial score (nSPS) is 8.67. The van der Waals surface area contributed by atoms with Crippen molar-refractivity contribution in [2.75, 3.05) is 0 Å². The lowest BCUT2D eigenvalue weighted by molar-refractivity contribution is 1.43. The zero-order valence-corrected chi connectivity index (χ0v) is 12.3. The van der Waals surface area contributed by atoms with E-state index in [4.69, 9.17) is 0 Å². The van der Waals surface area contributed by atoms with Crippen LogP contribution in [-0.2, 0) is 0 Å². The molecule has 1 heterocycles. The highest BCUT2D eigenvalue weighted by atomic mass is 79.9. The molecule has 0 spiro atoms. The average Bonchev–Trinajstić information content (AvgIpc) is 3.00. The number of aromatic nitrogens is 1. The molecule has 0 unspecified atom stereocenters. The molecule has 0 aliphatic carbocycles. The largest absolute Gasteiger partial charge is 0.253 e. The lowest BCUT2D eigenvalue weighted by Gasteiger charge is -1.98. The smallest absolute Gasteiger partial charge is 0.0791 e. The maximum atomic E-state index is 3.74. The van der Waals surface area contributed by atoms with E-state index in [1.165, 1.54) is 11.1 Å². The first-order chi connectivity index (χ1) is 8.47. The second-order valence-electron chi connectivity index (χ2n) is 3.41. The standard InChI is InChI=1S/C12H10.C3H3NS.BrH/c1-3-7-11(8-4-1)12-9-5-2-6-10-12;1-2-5-3-4-1;/h1-10H;1-3H;1H. The number of hydrogen-bond donors (Lipinski definition) is 0. The molecule has 0 N–H and O–H groups in total. The van der Waals surface area contributed by atoms with Crippen molar-refractivity contribution in [3.05, 3.63) is 77.8 Å². The van der Waals surface area contributed by atoms with Crippen LogP contribution in [0.3, 0.4) is 0 Å². The zero-order valence-electron chi connectivity index (χ0n) is 9.77. The van der Waals surface area contributed by atoms with Gasteiger partial charge in [0.25, 0.3) is 0 Å². The lowest BCUT2D eigenvalue weighted by Crippen LogP contribution is -1.73. The monoisotopic (exact) mass is 319 g/mol. The molecule has 0 aliphatic rings. The molecule has 0 radical (unpaired) electrons. The van der Waals surface area contributed by atoms with Gasteiger partial charge < -0.3 is 0 Å². The van der Waals surface area contributed by atoms with E-state index in [-0.39, 0.29) is 17.0 Å². The number of benzene rings is 2. The third kappa shape index (κ3) is 4.82. The van der Waals surface area contributed by atoms with Crippen LogP contribution in [0.4, 0.5) is 0 Å².